The highest BCUT2D eigenvalue weighted by molar-refractivity contribution is 7.99. The third-order valence-corrected chi connectivity index (χ3v) is 6.19. The summed E-state index contributed by atoms with van der Waals surface area (Å²) in [6.45, 7) is 1.99. The van der Waals surface area contributed by atoms with Gasteiger partial charge in [-0.1, -0.05) is 6.92 Å². The average molecular weight is 436 g/mol. The van der Waals surface area contributed by atoms with Crippen molar-refractivity contribution < 1.29 is 22.7 Å². The minimum absolute atomic E-state index is 0.147. The fourth-order valence-electron chi connectivity index (χ4n) is 3.51. The number of carbonyl (C=O) groups excluding carboxylic acids is 1. The molecule has 30 heavy (non-hydrogen) atoms. The zero-order chi connectivity index (χ0) is 21.7. The molecule has 3 aromatic rings. The van der Waals surface area contributed by atoms with E-state index >= 15 is 0 Å². The second-order valence-electron chi connectivity index (χ2n) is 7.14. The van der Waals surface area contributed by atoms with Crippen LogP contribution < -0.4 is 0 Å². The molecule has 0 amide bonds. The third kappa shape index (κ3) is 3.32. The van der Waals surface area contributed by atoms with E-state index in [0.29, 0.717) is 30.0 Å². The van der Waals surface area contributed by atoms with Gasteiger partial charge >= 0.3 is 12.1 Å². The topological polar surface area (TPSA) is 69.9 Å². The quantitative estimate of drug-likeness (QED) is 0.437. The number of hydrogen-bond donors (Lipinski definition) is 0. The summed E-state index contributed by atoms with van der Waals surface area (Å²) in [7, 11) is 3.06. The van der Waals surface area contributed by atoms with Gasteiger partial charge in [-0.3, -0.25) is 9.78 Å². The van der Waals surface area contributed by atoms with Gasteiger partial charge in [0.2, 0.25) is 0 Å². The molecule has 158 valence electrons. The van der Waals surface area contributed by atoms with Crippen molar-refractivity contribution in [1.82, 2.24) is 19.5 Å². The van der Waals surface area contributed by atoms with Gasteiger partial charge < -0.3 is 9.30 Å². The first kappa shape index (κ1) is 20.6. The number of rotatable bonds is 5. The lowest BCUT2D eigenvalue weighted by Crippen LogP contribution is -2.22. The maximum absolute atomic E-state index is 13.0. The molecule has 10 heteroatoms. The molecule has 1 fully saturated rings. The van der Waals surface area contributed by atoms with Gasteiger partial charge in [0.15, 0.2) is 11.5 Å². The molecule has 0 spiro atoms. The number of halogens is 3. The summed E-state index contributed by atoms with van der Waals surface area (Å²) in [5.41, 5.74) is 0.308. The Morgan fingerprint density at radius 2 is 2.00 bits per heavy atom. The van der Waals surface area contributed by atoms with Gasteiger partial charge in [0, 0.05) is 24.3 Å². The van der Waals surface area contributed by atoms with Crippen molar-refractivity contribution in [3.8, 4) is 11.5 Å². The molecule has 0 bridgehead atoms. The molecule has 3 heterocycles. The number of nitrogens with zero attached hydrogens (tertiary/aromatic N) is 4. The van der Waals surface area contributed by atoms with Crippen molar-refractivity contribution in [3.63, 3.8) is 0 Å². The van der Waals surface area contributed by atoms with Crippen LogP contribution in [0.5, 0.6) is 0 Å². The van der Waals surface area contributed by atoms with E-state index < -0.39 is 17.2 Å². The largest absolute Gasteiger partial charge is 0.468 e. The van der Waals surface area contributed by atoms with Gasteiger partial charge in [-0.25, -0.2) is 9.97 Å². The van der Waals surface area contributed by atoms with Crippen LogP contribution in [-0.4, -0.2) is 38.4 Å². The number of hydrogen-bond acceptors (Lipinski definition) is 6. The molecule has 0 aromatic carbocycles. The summed E-state index contributed by atoms with van der Waals surface area (Å²) in [4.78, 5) is 25.9. The highest BCUT2D eigenvalue weighted by Gasteiger charge is 2.53. The molecular formula is C20H19F3N4O2S. The number of esters is 1. The molecule has 3 aromatic heterocycles. The fraction of sp³-hybridized carbons (Fsp3) is 0.400. The molecule has 0 atom stereocenters. The van der Waals surface area contributed by atoms with Crippen LogP contribution in [0.15, 0.2) is 29.4 Å². The summed E-state index contributed by atoms with van der Waals surface area (Å²) in [6.07, 6.45) is -0.651. The maximum atomic E-state index is 13.0. The SMILES string of the molecule is CCSc1cc(C2(C(=O)OC)CC2)cnc1-c1nc2cc(C(F)(F)F)cnc2n1C. The molecule has 0 unspecified atom stereocenters. The first-order valence-corrected chi connectivity index (χ1v) is 10.3. The summed E-state index contributed by atoms with van der Waals surface area (Å²) in [5.74, 6) is 0.891. The Hall–Kier alpha value is -2.62. The van der Waals surface area contributed by atoms with Crippen LogP contribution in [0.3, 0.4) is 0 Å². The van der Waals surface area contributed by atoms with Crippen LogP contribution in [0.1, 0.15) is 30.9 Å². The predicted octanol–water partition coefficient (Wildman–Crippen LogP) is 4.37. The molecule has 1 aliphatic carbocycles. The third-order valence-electron chi connectivity index (χ3n) is 5.28. The van der Waals surface area contributed by atoms with Crippen molar-refractivity contribution in [3.05, 3.63) is 35.7 Å². The lowest BCUT2D eigenvalue weighted by molar-refractivity contribution is -0.143. The smallest absolute Gasteiger partial charge is 0.417 e. The highest BCUT2D eigenvalue weighted by atomic mass is 32.2. The van der Waals surface area contributed by atoms with E-state index in [4.69, 9.17) is 4.74 Å². The number of alkyl halides is 3. The van der Waals surface area contributed by atoms with Crippen LogP contribution in [-0.2, 0) is 28.2 Å². The van der Waals surface area contributed by atoms with Gasteiger partial charge in [-0.05, 0) is 36.3 Å². The Balaban J connectivity index is 1.83. The fourth-order valence-corrected chi connectivity index (χ4v) is 4.32. The number of carbonyl (C=O) groups is 1. The van der Waals surface area contributed by atoms with E-state index in [9.17, 15) is 18.0 Å². The Bertz CT molecular complexity index is 1140. The predicted molar refractivity (Wildman–Crippen MR) is 106 cm³/mol. The minimum Gasteiger partial charge on any atom is -0.468 e. The van der Waals surface area contributed by atoms with Crippen molar-refractivity contribution in [2.45, 2.75) is 36.3 Å². The highest BCUT2D eigenvalue weighted by Crippen LogP contribution is 2.50. The molecule has 1 aliphatic rings. The van der Waals surface area contributed by atoms with E-state index in [0.717, 1.165) is 28.5 Å². The summed E-state index contributed by atoms with van der Waals surface area (Å²) in [5, 5.41) is 0. The summed E-state index contributed by atoms with van der Waals surface area (Å²) in [6, 6.07) is 2.90. The van der Waals surface area contributed by atoms with Crippen LogP contribution in [0.4, 0.5) is 13.2 Å². The maximum Gasteiger partial charge on any atom is 0.417 e. The van der Waals surface area contributed by atoms with E-state index in [1.165, 1.54) is 18.9 Å². The second-order valence-corrected chi connectivity index (χ2v) is 8.44. The molecule has 4 rings (SSSR count). The number of methoxy groups -OCH3 is 1. The van der Waals surface area contributed by atoms with Gasteiger partial charge in [0.05, 0.1) is 18.1 Å². The lowest BCUT2D eigenvalue weighted by atomic mass is 9.97. The molecule has 0 saturated heterocycles. The second kappa shape index (κ2) is 7.26. The van der Waals surface area contributed by atoms with E-state index in [1.54, 1.807) is 17.8 Å². The zero-order valence-corrected chi connectivity index (χ0v) is 17.4. The summed E-state index contributed by atoms with van der Waals surface area (Å²) < 4.78 is 45.7. The monoisotopic (exact) mass is 436 g/mol. The number of aromatic nitrogens is 4. The first-order valence-electron chi connectivity index (χ1n) is 9.33. The van der Waals surface area contributed by atoms with Gasteiger partial charge in [-0.2, -0.15) is 13.2 Å². The minimum atomic E-state index is -4.49. The Labute approximate surface area is 174 Å². The number of aryl methyl sites for hydroxylation is 1. The van der Waals surface area contributed by atoms with Crippen LogP contribution >= 0.6 is 11.8 Å². The van der Waals surface area contributed by atoms with Crippen LogP contribution in [0.25, 0.3) is 22.7 Å². The lowest BCUT2D eigenvalue weighted by Gasteiger charge is -2.15. The number of fused-ring (bicyclic) bond motifs is 1. The molecule has 0 aliphatic heterocycles. The van der Waals surface area contributed by atoms with Crippen molar-refractivity contribution in [2.24, 2.45) is 7.05 Å². The van der Waals surface area contributed by atoms with E-state index in [1.807, 2.05) is 13.0 Å². The standard InChI is InChI=1S/C20H19F3N4O2S/c1-4-30-14-8-11(19(5-6-19)18(28)29-3)9-24-15(14)17-26-13-7-12(20(21,22)23)10-25-16(13)27(17)2/h7-10H,4-6H2,1-3H3. The number of imidazole rings is 1. The Morgan fingerprint density at radius 1 is 1.27 bits per heavy atom. The van der Waals surface area contributed by atoms with E-state index in [-0.39, 0.29) is 11.5 Å². The molecule has 0 N–H and O–H groups in total. The number of thioether (sulfide) groups is 1. The normalized spacial score (nSPS) is 15.4. The number of pyridine rings is 2. The Morgan fingerprint density at radius 3 is 2.60 bits per heavy atom. The van der Waals surface area contributed by atoms with Crippen LogP contribution in [0, 0.1) is 0 Å². The Kier molecular flexibility index (Phi) is 5.00. The number of ether oxygens (including phenoxy) is 1. The molecule has 1 saturated carbocycles. The van der Waals surface area contributed by atoms with Crippen LogP contribution in [0.2, 0.25) is 0 Å². The van der Waals surface area contributed by atoms with Gasteiger partial charge in [0.1, 0.15) is 11.2 Å². The van der Waals surface area contributed by atoms with Crippen molar-refractivity contribution in [1.29, 1.82) is 0 Å². The zero-order valence-electron chi connectivity index (χ0n) is 16.6. The average Bonchev–Trinajstić information content (AvgIpc) is 3.46. The van der Waals surface area contributed by atoms with Crippen molar-refractivity contribution >= 4 is 28.9 Å². The van der Waals surface area contributed by atoms with Gasteiger partial charge in [-0.15, -0.1) is 11.8 Å². The molecule has 6 nitrogen and oxygen atoms in total. The van der Waals surface area contributed by atoms with Gasteiger partial charge in [0.25, 0.3) is 0 Å². The molecular weight excluding hydrogens is 417 g/mol. The first-order chi connectivity index (χ1) is 14.2. The summed E-state index contributed by atoms with van der Waals surface area (Å²) >= 11 is 1.53. The van der Waals surface area contributed by atoms with E-state index in [2.05, 4.69) is 15.0 Å². The van der Waals surface area contributed by atoms with Crippen molar-refractivity contribution in [2.75, 3.05) is 12.9 Å². The molecule has 0 radical (unpaired) electrons.